The van der Waals surface area contributed by atoms with Crippen LogP contribution in [0, 0.1) is 5.92 Å². The van der Waals surface area contributed by atoms with Crippen LogP contribution in [0.5, 0.6) is 11.5 Å². The van der Waals surface area contributed by atoms with Gasteiger partial charge < -0.3 is 19.8 Å². The number of benzene rings is 2. The van der Waals surface area contributed by atoms with Crippen molar-refractivity contribution in [2.24, 2.45) is 5.92 Å². The summed E-state index contributed by atoms with van der Waals surface area (Å²) in [6, 6.07) is 11.6. The minimum atomic E-state index is -0.372. The summed E-state index contributed by atoms with van der Waals surface area (Å²) in [6.45, 7) is 1.33. The van der Waals surface area contributed by atoms with E-state index < -0.39 is 0 Å². The van der Waals surface area contributed by atoms with Crippen LogP contribution >= 0.6 is 12.4 Å². The van der Waals surface area contributed by atoms with Gasteiger partial charge in [-0.15, -0.1) is 12.4 Å². The molecule has 1 aliphatic heterocycles. The zero-order valence-corrected chi connectivity index (χ0v) is 19.0. The number of nitrogens with one attached hydrogen (secondary N) is 2. The fourth-order valence-electron chi connectivity index (χ4n) is 5.43. The predicted octanol–water partition coefficient (Wildman–Crippen LogP) is 2.84. The second-order valence-corrected chi connectivity index (χ2v) is 8.45. The van der Waals surface area contributed by atoms with Crippen LogP contribution in [0.25, 0.3) is 10.9 Å². The van der Waals surface area contributed by atoms with Gasteiger partial charge in [0, 0.05) is 18.5 Å². The van der Waals surface area contributed by atoms with Crippen LogP contribution in [0.15, 0.2) is 46.0 Å². The molecule has 0 spiro atoms. The molecule has 0 bridgehead atoms. The lowest BCUT2D eigenvalue weighted by Crippen LogP contribution is -2.38. The van der Waals surface area contributed by atoms with Crippen LogP contribution in [0.3, 0.4) is 0 Å². The van der Waals surface area contributed by atoms with Gasteiger partial charge in [-0.3, -0.25) is 9.36 Å². The fourth-order valence-corrected chi connectivity index (χ4v) is 5.43. The van der Waals surface area contributed by atoms with Crippen molar-refractivity contribution >= 4 is 23.3 Å². The van der Waals surface area contributed by atoms with Gasteiger partial charge in [0.15, 0.2) is 0 Å². The lowest BCUT2D eigenvalue weighted by atomic mass is 9.73. The Bertz CT molecular complexity index is 1250. The summed E-state index contributed by atoms with van der Waals surface area (Å²) in [4.78, 5) is 28.5. The molecule has 1 unspecified atom stereocenters. The topological polar surface area (TPSA) is 85.3 Å². The summed E-state index contributed by atoms with van der Waals surface area (Å²) in [5.74, 6) is 2.49. The average molecular weight is 458 g/mol. The van der Waals surface area contributed by atoms with Gasteiger partial charge in [-0.25, -0.2) is 4.79 Å². The van der Waals surface area contributed by atoms with Gasteiger partial charge in [0.05, 0.1) is 25.1 Å². The number of aromatic nitrogens is 2. The number of hydrogen-bond acceptors (Lipinski definition) is 5. The summed E-state index contributed by atoms with van der Waals surface area (Å²) in [5.41, 5.74) is 2.52. The summed E-state index contributed by atoms with van der Waals surface area (Å²) in [5, 5.41) is 4.12. The summed E-state index contributed by atoms with van der Waals surface area (Å²) in [7, 11) is 3.28. The molecule has 1 aromatic heterocycles. The molecule has 170 valence electrons. The monoisotopic (exact) mass is 457 g/mol. The van der Waals surface area contributed by atoms with E-state index in [0.717, 1.165) is 25.1 Å². The van der Waals surface area contributed by atoms with E-state index in [0.29, 0.717) is 41.5 Å². The van der Waals surface area contributed by atoms with Gasteiger partial charge >= 0.3 is 5.69 Å². The highest BCUT2D eigenvalue weighted by atomic mass is 35.5. The number of hydrogen-bond donors (Lipinski definition) is 2. The summed E-state index contributed by atoms with van der Waals surface area (Å²) in [6.07, 6.45) is 2.86. The highest BCUT2D eigenvalue weighted by Crippen LogP contribution is 2.45. The number of ether oxygens (including phenoxy) is 2. The Balaban J connectivity index is 0.00000245. The first-order valence-electron chi connectivity index (χ1n) is 10.8. The SMILES string of the molecule is COc1ccc2[nH]c(=O)n(CCC3NC[C@@H]4CCc5c(OC)cccc5[C@H]34)c(=O)c2c1.Cl. The first kappa shape index (κ1) is 22.4. The smallest absolute Gasteiger partial charge is 0.328 e. The maximum atomic E-state index is 13.0. The van der Waals surface area contributed by atoms with Crippen molar-refractivity contribution in [3.05, 3.63) is 68.4 Å². The molecule has 1 saturated heterocycles. The van der Waals surface area contributed by atoms with Crippen LogP contribution in [-0.2, 0) is 13.0 Å². The molecule has 3 atom stereocenters. The zero-order chi connectivity index (χ0) is 21.5. The molecule has 7 nitrogen and oxygen atoms in total. The van der Waals surface area contributed by atoms with E-state index in [1.54, 1.807) is 32.4 Å². The number of fused-ring (bicyclic) bond motifs is 4. The van der Waals surface area contributed by atoms with E-state index in [9.17, 15) is 9.59 Å². The van der Waals surface area contributed by atoms with Crippen molar-refractivity contribution in [1.82, 2.24) is 14.9 Å². The molecule has 8 heteroatoms. The molecule has 2 aliphatic rings. The molecule has 3 aromatic rings. The minimum absolute atomic E-state index is 0. The second-order valence-electron chi connectivity index (χ2n) is 8.45. The predicted molar refractivity (Wildman–Crippen MR) is 127 cm³/mol. The van der Waals surface area contributed by atoms with E-state index in [2.05, 4.69) is 22.4 Å². The molecule has 2 aromatic carbocycles. The number of H-pyrrole nitrogens is 1. The highest BCUT2D eigenvalue weighted by molar-refractivity contribution is 5.85. The Hall–Kier alpha value is -2.77. The third-order valence-corrected chi connectivity index (χ3v) is 6.95. The maximum absolute atomic E-state index is 13.0. The Morgan fingerprint density at radius 1 is 1.12 bits per heavy atom. The highest BCUT2D eigenvalue weighted by Gasteiger charge is 2.40. The van der Waals surface area contributed by atoms with Gasteiger partial charge in [0.1, 0.15) is 11.5 Å². The van der Waals surface area contributed by atoms with Crippen LogP contribution in [0.2, 0.25) is 0 Å². The molecule has 32 heavy (non-hydrogen) atoms. The molecule has 1 aliphatic carbocycles. The molecule has 0 amide bonds. The normalized spacial score (nSPS) is 21.5. The van der Waals surface area contributed by atoms with Gasteiger partial charge in [0.2, 0.25) is 0 Å². The maximum Gasteiger partial charge on any atom is 0.328 e. The molecular weight excluding hydrogens is 430 g/mol. The van der Waals surface area contributed by atoms with Crippen LogP contribution < -0.4 is 26.0 Å². The van der Waals surface area contributed by atoms with E-state index >= 15 is 0 Å². The van der Waals surface area contributed by atoms with E-state index in [1.165, 1.54) is 15.7 Å². The Kier molecular flexibility index (Phi) is 6.31. The van der Waals surface area contributed by atoms with Gasteiger partial charge in [-0.1, -0.05) is 12.1 Å². The number of aromatic amines is 1. The molecule has 0 saturated carbocycles. The van der Waals surface area contributed by atoms with Gasteiger partial charge in [-0.05, 0) is 67.1 Å². The average Bonchev–Trinajstić information content (AvgIpc) is 3.22. The number of methoxy groups -OCH3 is 2. The minimum Gasteiger partial charge on any atom is -0.497 e. The lowest BCUT2D eigenvalue weighted by molar-refractivity contribution is 0.371. The molecule has 2 N–H and O–H groups in total. The Morgan fingerprint density at radius 2 is 1.97 bits per heavy atom. The Morgan fingerprint density at radius 3 is 2.75 bits per heavy atom. The largest absolute Gasteiger partial charge is 0.497 e. The number of nitrogens with zero attached hydrogens (tertiary/aromatic N) is 1. The number of halogens is 1. The fraction of sp³-hybridized carbons (Fsp3) is 0.417. The van der Waals surface area contributed by atoms with E-state index in [4.69, 9.17) is 9.47 Å². The van der Waals surface area contributed by atoms with Crippen LogP contribution in [0.4, 0.5) is 0 Å². The third kappa shape index (κ3) is 3.69. The van der Waals surface area contributed by atoms with Crippen molar-refractivity contribution in [3.63, 3.8) is 0 Å². The molecule has 5 rings (SSSR count). The molecular formula is C24H28ClN3O4. The third-order valence-electron chi connectivity index (χ3n) is 6.95. The lowest BCUT2D eigenvalue weighted by Gasteiger charge is -2.32. The van der Waals surface area contributed by atoms with Crippen molar-refractivity contribution in [3.8, 4) is 11.5 Å². The number of rotatable bonds is 5. The zero-order valence-electron chi connectivity index (χ0n) is 18.2. The quantitative estimate of drug-likeness (QED) is 0.615. The van der Waals surface area contributed by atoms with Gasteiger partial charge in [0.25, 0.3) is 5.56 Å². The summed E-state index contributed by atoms with van der Waals surface area (Å²) < 4.78 is 12.1. The van der Waals surface area contributed by atoms with Crippen molar-refractivity contribution < 1.29 is 9.47 Å². The van der Waals surface area contributed by atoms with Crippen molar-refractivity contribution in [2.45, 2.75) is 37.8 Å². The second kappa shape index (κ2) is 9.00. The first-order valence-corrected chi connectivity index (χ1v) is 10.8. The molecule has 0 radical (unpaired) electrons. The first-order chi connectivity index (χ1) is 15.1. The van der Waals surface area contributed by atoms with E-state index in [1.807, 2.05) is 6.07 Å². The van der Waals surface area contributed by atoms with Crippen LogP contribution in [-0.4, -0.2) is 36.4 Å². The van der Waals surface area contributed by atoms with Crippen molar-refractivity contribution in [1.29, 1.82) is 0 Å². The van der Waals surface area contributed by atoms with Crippen molar-refractivity contribution in [2.75, 3.05) is 20.8 Å². The van der Waals surface area contributed by atoms with Crippen LogP contribution in [0.1, 0.15) is 29.9 Å². The molecule has 1 fully saturated rings. The van der Waals surface area contributed by atoms with Gasteiger partial charge in [-0.2, -0.15) is 0 Å². The summed E-state index contributed by atoms with van der Waals surface area (Å²) >= 11 is 0. The van der Waals surface area contributed by atoms with E-state index in [-0.39, 0.29) is 29.7 Å². The Labute approximate surface area is 192 Å². The molecule has 2 heterocycles. The standard InChI is InChI=1S/C24H27N3O4.ClH/c1-30-15-7-9-19-18(12-15)23(28)27(24(29)26-19)11-10-20-22-14(13-25-20)6-8-16-17(22)4-3-5-21(16)31-2;/h3-5,7,9,12,14,20,22,25H,6,8,10-11,13H2,1-2H3,(H,26,29);1H/t14-,20?,22+;/m0./s1.